The Bertz CT molecular complexity index is 979. The maximum atomic E-state index is 12.8. The summed E-state index contributed by atoms with van der Waals surface area (Å²) in [5.74, 6) is 0. The number of aromatic nitrogens is 2. The zero-order valence-corrected chi connectivity index (χ0v) is 14.9. The Balaban J connectivity index is 2.10. The molecule has 0 radical (unpaired) electrons. The minimum absolute atomic E-state index is 0.215. The first kappa shape index (κ1) is 17.0. The second-order valence-electron chi connectivity index (χ2n) is 5.51. The molecule has 0 bridgehead atoms. The molecule has 0 N–H and O–H groups in total. The van der Waals surface area contributed by atoms with Gasteiger partial charge in [-0.3, -0.25) is 0 Å². The Morgan fingerprint density at radius 1 is 1.21 bits per heavy atom. The largest absolute Gasteiger partial charge is 0.384 e. The number of hydrogen-bond acceptors (Lipinski definition) is 4. The lowest BCUT2D eigenvalue weighted by Crippen LogP contribution is -2.12. The summed E-state index contributed by atoms with van der Waals surface area (Å²) in [5.41, 5.74) is 2.15. The normalized spacial score (nSPS) is 12.0. The van der Waals surface area contributed by atoms with Crippen LogP contribution in [0, 0.1) is 6.92 Å². The minimum Gasteiger partial charge on any atom is -0.384 e. The van der Waals surface area contributed by atoms with Crippen molar-refractivity contribution in [3.8, 4) is 0 Å². The predicted octanol–water partition coefficient (Wildman–Crippen LogP) is 3.42. The number of pyridine rings is 1. The van der Waals surface area contributed by atoms with Crippen LogP contribution in [0.15, 0.2) is 47.6 Å². The predicted molar refractivity (Wildman–Crippen MR) is 94.1 cm³/mol. The molecular weight excluding hydrogens is 348 g/mol. The van der Waals surface area contributed by atoms with Crippen molar-refractivity contribution in [1.82, 2.24) is 8.96 Å². The van der Waals surface area contributed by atoms with Crippen molar-refractivity contribution < 1.29 is 13.2 Å². The van der Waals surface area contributed by atoms with Gasteiger partial charge in [0.1, 0.15) is 0 Å². The Labute approximate surface area is 145 Å². The number of hydrogen-bond donors (Lipinski definition) is 0. The Kier molecular flexibility index (Phi) is 4.62. The fraction of sp³-hybridized carbons (Fsp3) is 0.235. The molecular formula is C17H17ClN2O3S. The van der Waals surface area contributed by atoms with E-state index in [1.54, 1.807) is 43.6 Å². The second kappa shape index (κ2) is 6.55. The molecule has 5 nitrogen and oxygen atoms in total. The number of rotatable bonds is 5. The fourth-order valence-electron chi connectivity index (χ4n) is 2.48. The van der Waals surface area contributed by atoms with E-state index < -0.39 is 10.0 Å². The molecule has 0 atom stereocenters. The van der Waals surface area contributed by atoms with Crippen LogP contribution in [-0.2, 0) is 21.2 Å². The van der Waals surface area contributed by atoms with E-state index in [2.05, 4.69) is 4.98 Å². The summed E-state index contributed by atoms with van der Waals surface area (Å²) in [4.78, 5) is 4.52. The van der Waals surface area contributed by atoms with E-state index in [0.717, 1.165) is 11.1 Å². The molecule has 24 heavy (non-hydrogen) atoms. The number of benzene rings is 1. The zero-order chi connectivity index (χ0) is 17.3. The van der Waals surface area contributed by atoms with Gasteiger partial charge in [0, 0.05) is 24.9 Å². The van der Waals surface area contributed by atoms with Crippen molar-refractivity contribution in [2.45, 2.75) is 18.2 Å². The van der Waals surface area contributed by atoms with Crippen LogP contribution in [-0.4, -0.2) is 31.1 Å². The van der Waals surface area contributed by atoms with Crippen LogP contribution in [0.5, 0.6) is 0 Å². The van der Waals surface area contributed by atoms with Gasteiger partial charge in [-0.25, -0.2) is 17.4 Å². The third-order valence-electron chi connectivity index (χ3n) is 3.84. The smallest absolute Gasteiger partial charge is 0.269 e. The lowest BCUT2D eigenvalue weighted by atomic mass is 10.2. The van der Waals surface area contributed by atoms with E-state index in [4.69, 9.17) is 16.3 Å². The molecule has 0 amide bonds. The monoisotopic (exact) mass is 364 g/mol. The van der Waals surface area contributed by atoms with Gasteiger partial charge < -0.3 is 4.74 Å². The highest BCUT2D eigenvalue weighted by Gasteiger charge is 2.21. The molecule has 1 aromatic carbocycles. The molecule has 3 aromatic rings. The summed E-state index contributed by atoms with van der Waals surface area (Å²) in [5, 5.41) is 1.12. The number of aryl methyl sites for hydroxylation is 1. The first-order chi connectivity index (χ1) is 11.4. The Morgan fingerprint density at radius 2 is 1.92 bits per heavy atom. The maximum Gasteiger partial charge on any atom is 0.269 e. The van der Waals surface area contributed by atoms with Crippen LogP contribution in [0.3, 0.4) is 0 Å². The zero-order valence-electron chi connectivity index (χ0n) is 13.4. The highest BCUT2D eigenvalue weighted by atomic mass is 35.5. The van der Waals surface area contributed by atoms with Crippen LogP contribution in [0.4, 0.5) is 0 Å². The lowest BCUT2D eigenvalue weighted by Gasteiger charge is -2.09. The van der Waals surface area contributed by atoms with Gasteiger partial charge in [0.05, 0.1) is 16.5 Å². The van der Waals surface area contributed by atoms with Crippen LogP contribution in [0.2, 0.25) is 5.02 Å². The van der Waals surface area contributed by atoms with E-state index in [1.807, 2.05) is 6.92 Å². The van der Waals surface area contributed by atoms with Gasteiger partial charge in [0.15, 0.2) is 5.65 Å². The highest BCUT2D eigenvalue weighted by molar-refractivity contribution is 7.90. The van der Waals surface area contributed by atoms with Gasteiger partial charge >= 0.3 is 0 Å². The second-order valence-corrected chi connectivity index (χ2v) is 7.70. The van der Waals surface area contributed by atoms with Crippen LogP contribution in [0.25, 0.3) is 11.0 Å². The molecule has 0 aliphatic heterocycles. The van der Waals surface area contributed by atoms with Gasteiger partial charge in [-0.1, -0.05) is 29.3 Å². The van der Waals surface area contributed by atoms with Crippen LogP contribution in [0.1, 0.15) is 11.1 Å². The van der Waals surface area contributed by atoms with Crippen molar-refractivity contribution in [3.05, 3.63) is 58.9 Å². The van der Waals surface area contributed by atoms with E-state index in [9.17, 15) is 8.42 Å². The van der Waals surface area contributed by atoms with Gasteiger partial charge in [-0.05, 0) is 37.1 Å². The van der Waals surface area contributed by atoms with Crippen molar-refractivity contribution in [2.24, 2.45) is 0 Å². The quantitative estimate of drug-likeness (QED) is 0.696. The van der Waals surface area contributed by atoms with Gasteiger partial charge in [0.2, 0.25) is 0 Å². The topological polar surface area (TPSA) is 61.2 Å². The van der Waals surface area contributed by atoms with Gasteiger partial charge in [0.25, 0.3) is 10.0 Å². The molecule has 0 aliphatic carbocycles. The van der Waals surface area contributed by atoms with Crippen LogP contribution < -0.4 is 0 Å². The number of methoxy groups -OCH3 is 1. The minimum atomic E-state index is -3.71. The van der Waals surface area contributed by atoms with E-state index in [1.165, 1.54) is 10.2 Å². The average Bonchev–Trinajstić information content (AvgIpc) is 3.00. The summed E-state index contributed by atoms with van der Waals surface area (Å²) < 4.78 is 31.9. The van der Waals surface area contributed by atoms with Crippen molar-refractivity contribution in [3.63, 3.8) is 0 Å². The van der Waals surface area contributed by atoms with E-state index >= 15 is 0 Å². The summed E-state index contributed by atoms with van der Waals surface area (Å²) in [6.07, 6.45) is 3.71. The van der Waals surface area contributed by atoms with Crippen molar-refractivity contribution in [1.29, 1.82) is 0 Å². The molecule has 7 heteroatoms. The summed E-state index contributed by atoms with van der Waals surface area (Å²) >= 11 is 6.40. The van der Waals surface area contributed by atoms with E-state index in [-0.39, 0.29) is 4.90 Å². The van der Waals surface area contributed by atoms with Gasteiger partial charge in [-0.15, -0.1) is 0 Å². The molecule has 0 saturated heterocycles. The molecule has 0 fully saturated rings. The third-order valence-corrected chi connectivity index (χ3v) is 5.97. The number of fused-ring (bicyclic) bond motifs is 1. The molecule has 0 aliphatic rings. The van der Waals surface area contributed by atoms with Gasteiger partial charge in [-0.2, -0.15) is 0 Å². The Morgan fingerprint density at radius 3 is 2.58 bits per heavy atom. The fourth-order valence-corrected chi connectivity index (χ4v) is 4.07. The Hall–Kier alpha value is -1.89. The molecule has 0 spiro atoms. The maximum absolute atomic E-state index is 12.8. The summed E-state index contributed by atoms with van der Waals surface area (Å²) in [6, 6.07) is 8.38. The van der Waals surface area contributed by atoms with Crippen molar-refractivity contribution in [2.75, 3.05) is 13.7 Å². The van der Waals surface area contributed by atoms with Crippen LogP contribution >= 0.6 is 11.6 Å². The molecule has 126 valence electrons. The molecule has 2 aromatic heterocycles. The molecule has 3 rings (SSSR count). The third kappa shape index (κ3) is 2.92. The summed E-state index contributed by atoms with van der Waals surface area (Å²) in [6.45, 7) is 2.43. The standard InChI is InChI=1S/C17H17ClN2O3S/c1-12-3-5-14(6-4-12)24(21,22)20-9-7-15-16(18)13(8-10-23-2)11-19-17(15)20/h3-7,9,11H,8,10H2,1-2H3. The average molecular weight is 365 g/mol. The molecule has 0 saturated carbocycles. The first-order valence-electron chi connectivity index (χ1n) is 7.41. The summed E-state index contributed by atoms with van der Waals surface area (Å²) in [7, 11) is -2.10. The molecule has 2 heterocycles. The van der Waals surface area contributed by atoms with E-state index in [0.29, 0.717) is 29.1 Å². The number of ether oxygens (including phenoxy) is 1. The highest BCUT2D eigenvalue weighted by Crippen LogP contribution is 2.29. The van der Waals surface area contributed by atoms with Crippen molar-refractivity contribution >= 4 is 32.7 Å². The number of nitrogens with zero attached hydrogens (tertiary/aromatic N) is 2. The molecule has 0 unspecified atom stereocenters. The SMILES string of the molecule is COCCc1cnc2c(ccn2S(=O)(=O)c2ccc(C)cc2)c1Cl. The first-order valence-corrected chi connectivity index (χ1v) is 9.22. The number of halogens is 1. The lowest BCUT2D eigenvalue weighted by molar-refractivity contribution is 0.202.